The van der Waals surface area contributed by atoms with Crippen molar-refractivity contribution < 1.29 is 24.5 Å². The third-order valence-electron chi connectivity index (χ3n) is 13.2. The Labute approximate surface area is 399 Å². The maximum absolute atomic E-state index is 12.5. The molecule has 64 heavy (non-hydrogen) atoms. The van der Waals surface area contributed by atoms with Gasteiger partial charge in [-0.25, -0.2) is 0 Å². The van der Waals surface area contributed by atoms with Crippen LogP contribution in [0.3, 0.4) is 0 Å². The Hall–Kier alpha value is -1.66. The number of hydrogen-bond donors (Lipinski definition) is 3. The molecule has 0 aromatic heterocycles. The molecule has 0 aliphatic heterocycles. The van der Waals surface area contributed by atoms with E-state index in [2.05, 4.69) is 43.5 Å². The summed E-state index contributed by atoms with van der Waals surface area (Å²) in [6, 6.07) is -0.553. The molecule has 0 saturated carbocycles. The van der Waals surface area contributed by atoms with Gasteiger partial charge in [0, 0.05) is 12.8 Å². The molecule has 0 heterocycles. The summed E-state index contributed by atoms with van der Waals surface area (Å²) < 4.78 is 5.47. The second kappa shape index (κ2) is 54.0. The first-order chi connectivity index (χ1) is 31.5. The maximum Gasteiger partial charge on any atom is 0.305 e. The lowest BCUT2D eigenvalue weighted by molar-refractivity contribution is -0.143. The molecule has 1 amide bonds. The van der Waals surface area contributed by atoms with Gasteiger partial charge in [-0.2, -0.15) is 0 Å². The second-order valence-corrected chi connectivity index (χ2v) is 19.6. The summed E-state index contributed by atoms with van der Waals surface area (Å²) in [5, 5.41) is 23.2. The summed E-state index contributed by atoms with van der Waals surface area (Å²) in [5.74, 6) is -0.0623. The fraction of sp³-hybridized carbons (Fsp3) is 0.897. The number of esters is 1. The van der Waals surface area contributed by atoms with E-state index in [4.69, 9.17) is 4.74 Å². The number of aliphatic hydroxyl groups is 2. The second-order valence-electron chi connectivity index (χ2n) is 19.6. The first-order valence-electron chi connectivity index (χ1n) is 28.6. The van der Waals surface area contributed by atoms with Gasteiger partial charge in [-0.3, -0.25) is 9.59 Å². The van der Waals surface area contributed by atoms with Crippen molar-refractivity contribution in [1.82, 2.24) is 5.32 Å². The van der Waals surface area contributed by atoms with Crippen molar-refractivity contribution in [2.24, 2.45) is 0 Å². The minimum Gasteiger partial charge on any atom is -0.466 e. The molecule has 2 unspecified atom stereocenters. The van der Waals surface area contributed by atoms with Crippen molar-refractivity contribution in [1.29, 1.82) is 0 Å². The monoisotopic (exact) mass is 902 g/mol. The third kappa shape index (κ3) is 49.8. The first-order valence-corrected chi connectivity index (χ1v) is 28.6. The summed E-state index contributed by atoms with van der Waals surface area (Å²) in [5.41, 5.74) is 0. The average molecular weight is 903 g/mol. The SMILES string of the molecule is CCCCCCCC/C=C\CCCCCCCCCC(=O)OCCCCCC/C=C\CCCCCCCCCC(=O)NC(CO)C(O)CCCCCCCCCCCCCCCCC. The number of carbonyl (C=O) groups is 2. The van der Waals surface area contributed by atoms with E-state index >= 15 is 0 Å². The highest BCUT2D eigenvalue weighted by Gasteiger charge is 2.20. The van der Waals surface area contributed by atoms with E-state index in [0.29, 0.717) is 25.9 Å². The van der Waals surface area contributed by atoms with Crippen LogP contribution < -0.4 is 5.32 Å². The van der Waals surface area contributed by atoms with Crippen LogP contribution in [-0.4, -0.2) is 47.4 Å². The summed E-state index contributed by atoms with van der Waals surface area (Å²) in [7, 11) is 0. The highest BCUT2D eigenvalue weighted by Crippen LogP contribution is 2.17. The largest absolute Gasteiger partial charge is 0.466 e. The number of carbonyl (C=O) groups excluding carboxylic acids is 2. The van der Waals surface area contributed by atoms with Gasteiger partial charge >= 0.3 is 5.97 Å². The molecule has 6 heteroatoms. The fourth-order valence-corrected chi connectivity index (χ4v) is 8.81. The molecule has 3 N–H and O–H groups in total. The first kappa shape index (κ1) is 62.3. The molecular formula is C58H111NO5. The van der Waals surface area contributed by atoms with Crippen LogP contribution in [0, 0.1) is 0 Å². The van der Waals surface area contributed by atoms with Crippen molar-refractivity contribution in [3.8, 4) is 0 Å². The predicted octanol–water partition coefficient (Wildman–Crippen LogP) is 17.5. The zero-order chi connectivity index (χ0) is 46.5. The van der Waals surface area contributed by atoms with E-state index in [1.165, 1.54) is 205 Å². The minimum atomic E-state index is -0.674. The molecule has 0 aromatic carbocycles. The highest BCUT2D eigenvalue weighted by atomic mass is 16.5. The van der Waals surface area contributed by atoms with E-state index in [0.717, 1.165) is 70.6 Å². The zero-order valence-corrected chi connectivity index (χ0v) is 43.0. The third-order valence-corrected chi connectivity index (χ3v) is 13.2. The summed E-state index contributed by atoms with van der Waals surface area (Å²) in [4.78, 5) is 24.5. The number of aliphatic hydroxyl groups excluding tert-OH is 2. The molecule has 2 atom stereocenters. The van der Waals surface area contributed by atoms with Gasteiger partial charge in [0.25, 0.3) is 0 Å². The molecule has 0 fully saturated rings. The van der Waals surface area contributed by atoms with Crippen LogP contribution >= 0.6 is 0 Å². The Balaban J connectivity index is 3.46. The molecule has 0 rings (SSSR count). The van der Waals surface area contributed by atoms with Crippen LogP contribution in [0.5, 0.6) is 0 Å². The molecule has 0 radical (unpaired) electrons. The zero-order valence-electron chi connectivity index (χ0n) is 43.0. The van der Waals surface area contributed by atoms with Gasteiger partial charge in [0.05, 0.1) is 25.4 Å². The van der Waals surface area contributed by atoms with Crippen molar-refractivity contribution in [3.05, 3.63) is 24.3 Å². The van der Waals surface area contributed by atoms with Gasteiger partial charge in [0.15, 0.2) is 0 Å². The highest BCUT2D eigenvalue weighted by molar-refractivity contribution is 5.76. The van der Waals surface area contributed by atoms with Gasteiger partial charge < -0.3 is 20.3 Å². The van der Waals surface area contributed by atoms with E-state index < -0.39 is 12.1 Å². The molecule has 0 bridgehead atoms. The van der Waals surface area contributed by atoms with Crippen molar-refractivity contribution in [3.63, 3.8) is 0 Å². The molecule has 0 saturated heterocycles. The van der Waals surface area contributed by atoms with Gasteiger partial charge in [-0.05, 0) is 77.0 Å². The lowest BCUT2D eigenvalue weighted by Gasteiger charge is -2.22. The smallest absolute Gasteiger partial charge is 0.305 e. The minimum absolute atomic E-state index is 0.0131. The Morgan fingerprint density at radius 3 is 1.11 bits per heavy atom. The number of amides is 1. The van der Waals surface area contributed by atoms with Gasteiger partial charge in [0.2, 0.25) is 5.91 Å². The average Bonchev–Trinajstić information content (AvgIpc) is 3.29. The Bertz CT molecular complexity index is 997. The Morgan fingerprint density at radius 2 is 0.734 bits per heavy atom. The van der Waals surface area contributed by atoms with E-state index in [1.54, 1.807) is 0 Å². The molecule has 0 spiro atoms. The van der Waals surface area contributed by atoms with Crippen molar-refractivity contribution >= 4 is 11.9 Å². The molecule has 0 aliphatic carbocycles. The van der Waals surface area contributed by atoms with Gasteiger partial charge in [-0.15, -0.1) is 0 Å². The van der Waals surface area contributed by atoms with Gasteiger partial charge in [-0.1, -0.05) is 244 Å². The molecule has 378 valence electrons. The molecular weight excluding hydrogens is 791 g/mol. The quantitative estimate of drug-likeness (QED) is 0.0321. The number of rotatable bonds is 53. The van der Waals surface area contributed by atoms with Crippen LogP contribution in [0.25, 0.3) is 0 Å². The number of hydrogen-bond acceptors (Lipinski definition) is 5. The van der Waals surface area contributed by atoms with Crippen LogP contribution in [0.4, 0.5) is 0 Å². The number of allylic oxidation sites excluding steroid dienone is 4. The Kier molecular flexibility index (Phi) is 52.6. The lowest BCUT2D eigenvalue weighted by Crippen LogP contribution is -2.45. The van der Waals surface area contributed by atoms with Crippen LogP contribution in [0.15, 0.2) is 24.3 Å². The van der Waals surface area contributed by atoms with E-state index in [1.807, 2.05) is 0 Å². The standard InChI is InChI=1S/C58H111NO5/c1-3-5-7-9-11-13-15-17-19-20-24-28-32-36-40-44-48-52-58(63)64-53-49-45-41-37-33-29-25-21-23-27-31-35-39-43-47-51-57(62)59-55(54-60)56(61)50-46-42-38-34-30-26-22-18-16-14-12-10-8-6-4-2/h17,19,25,29,55-56,60-61H,3-16,18,20-24,26-28,30-54H2,1-2H3,(H,59,62)/b19-17-,29-25-. The van der Waals surface area contributed by atoms with Crippen molar-refractivity contribution in [2.45, 2.75) is 321 Å². The lowest BCUT2D eigenvalue weighted by atomic mass is 10.0. The molecule has 6 nitrogen and oxygen atoms in total. The van der Waals surface area contributed by atoms with E-state index in [9.17, 15) is 19.8 Å². The van der Waals surface area contributed by atoms with Crippen LogP contribution in [-0.2, 0) is 14.3 Å². The van der Waals surface area contributed by atoms with Gasteiger partial charge in [0.1, 0.15) is 0 Å². The normalized spacial score (nSPS) is 12.8. The summed E-state index contributed by atoms with van der Waals surface area (Å²) in [6.07, 6.45) is 64.5. The predicted molar refractivity (Wildman–Crippen MR) is 278 cm³/mol. The topological polar surface area (TPSA) is 95.9 Å². The summed E-state index contributed by atoms with van der Waals surface area (Å²) >= 11 is 0. The Morgan fingerprint density at radius 1 is 0.422 bits per heavy atom. The number of ether oxygens (including phenoxy) is 1. The summed E-state index contributed by atoms with van der Waals surface area (Å²) in [6.45, 7) is 4.92. The van der Waals surface area contributed by atoms with Crippen LogP contribution in [0.1, 0.15) is 309 Å². The van der Waals surface area contributed by atoms with Crippen molar-refractivity contribution in [2.75, 3.05) is 13.2 Å². The number of unbranched alkanes of at least 4 members (excludes halogenated alkanes) is 38. The van der Waals surface area contributed by atoms with E-state index in [-0.39, 0.29) is 18.5 Å². The van der Waals surface area contributed by atoms with Crippen LogP contribution in [0.2, 0.25) is 0 Å². The number of nitrogens with one attached hydrogen (secondary N) is 1. The molecule has 0 aromatic rings. The fourth-order valence-electron chi connectivity index (χ4n) is 8.81. The molecule has 0 aliphatic rings. The maximum atomic E-state index is 12.5.